The molecule has 22 heavy (non-hydrogen) atoms. The number of hydrogen-bond donors (Lipinski definition) is 1. The maximum absolute atomic E-state index is 12.8. The minimum absolute atomic E-state index is 0.0656. The molecule has 0 aromatic carbocycles. The van der Waals surface area contributed by atoms with E-state index in [0.29, 0.717) is 19.1 Å². The number of carbonyl (C=O) groups is 2. The van der Waals surface area contributed by atoms with E-state index in [1.54, 1.807) is 21.1 Å². The van der Waals surface area contributed by atoms with Crippen molar-refractivity contribution in [3.8, 4) is 0 Å². The summed E-state index contributed by atoms with van der Waals surface area (Å²) in [6, 6.07) is -0.638. The lowest BCUT2D eigenvalue weighted by Crippen LogP contribution is -2.56. The highest BCUT2D eigenvalue weighted by molar-refractivity contribution is 5.88. The fourth-order valence-electron chi connectivity index (χ4n) is 2.67. The Morgan fingerprint density at radius 2 is 1.95 bits per heavy atom. The Morgan fingerprint density at radius 1 is 1.27 bits per heavy atom. The predicted octanol–water partition coefficient (Wildman–Crippen LogP) is 1.05. The van der Waals surface area contributed by atoms with Crippen LogP contribution in [0.1, 0.15) is 33.6 Å². The van der Waals surface area contributed by atoms with E-state index in [0.717, 1.165) is 19.4 Å². The van der Waals surface area contributed by atoms with E-state index in [2.05, 4.69) is 5.32 Å². The molecule has 128 valence electrons. The van der Waals surface area contributed by atoms with Gasteiger partial charge in [0.15, 0.2) is 0 Å². The van der Waals surface area contributed by atoms with Gasteiger partial charge in [0, 0.05) is 33.2 Å². The largest absolute Gasteiger partial charge is 0.384 e. The summed E-state index contributed by atoms with van der Waals surface area (Å²) in [6.07, 6.45) is 1.67. The van der Waals surface area contributed by atoms with Crippen molar-refractivity contribution in [3.05, 3.63) is 0 Å². The van der Waals surface area contributed by atoms with Gasteiger partial charge in [0.2, 0.25) is 11.8 Å². The van der Waals surface area contributed by atoms with Crippen molar-refractivity contribution >= 4 is 11.8 Å². The normalized spacial score (nSPS) is 21.5. The third-order valence-corrected chi connectivity index (χ3v) is 4.16. The first-order chi connectivity index (χ1) is 10.4. The Labute approximate surface area is 133 Å². The number of nitrogens with one attached hydrogen (secondary N) is 1. The number of piperidine rings is 1. The Morgan fingerprint density at radius 3 is 2.50 bits per heavy atom. The van der Waals surface area contributed by atoms with Crippen molar-refractivity contribution in [3.63, 3.8) is 0 Å². The molecule has 2 amide bonds. The molecule has 6 heteroatoms. The summed E-state index contributed by atoms with van der Waals surface area (Å²) in [5, 5.41) is 2.82. The zero-order chi connectivity index (χ0) is 16.7. The Balaban J connectivity index is 2.75. The molecule has 1 aliphatic rings. The lowest BCUT2D eigenvalue weighted by Gasteiger charge is -2.36. The number of carbonyl (C=O) groups excluding carboxylic acids is 2. The molecule has 6 nitrogen and oxygen atoms in total. The average molecular weight is 314 g/mol. The molecule has 1 aliphatic heterocycles. The summed E-state index contributed by atoms with van der Waals surface area (Å²) in [4.78, 5) is 26.6. The van der Waals surface area contributed by atoms with Crippen LogP contribution in [-0.4, -0.2) is 62.8 Å². The zero-order valence-corrected chi connectivity index (χ0v) is 14.4. The lowest BCUT2D eigenvalue weighted by atomic mass is 9.97. The summed E-state index contributed by atoms with van der Waals surface area (Å²) in [5.74, 6) is 0.000747. The van der Waals surface area contributed by atoms with Gasteiger partial charge in [0.1, 0.15) is 6.04 Å². The van der Waals surface area contributed by atoms with Crippen LogP contribution in [0.2, 0.25) is 0 Å². The van der Waals surface area contributed by atoms with Crippen LogP contribution in [-0.2, 0) is 19.1 Å². The summed E-state index contributed by atoms with van der Waals surface area (Å²) in [7, 11) is 3.23. The fraction of sp³-hybridized carbons (Fsp3) is 0.875. The van der Waals surface area contributed by atoms with E-state index < -0.39 is 6.04 Å². The van der Waals surface area contributed by atoms with Gasteiger partial charge < -0.3 is 19.7 Å². The number of methoxy groups -OCH3 is 2. The number of amides is 2. The van der Waals surface area contributed by atoms with Gasteiger partial charge in [-0.25, -0.2) is 0 Å². The highest BCUT2D eigenvalue weighted by Crippen LogP contribution is 2.18. The SMILES string of the molecule is COCC1CCCN(C(=O)C(NC(=O)C(C)C)C(C)OC)C1. The third kappa shape index (κ3) is 5.25. The van der Waals surface area contributed by atoms with Gasteiger partial charge in [0.25, 0.3) is 0 Å². The topological polar surface area (TPSA) is 67.9 Å². The summed E-state index contributed by atoms with van der Waals surface area (Å²) >= 11 is 0. The molecule has 0 aromatic rings. The minimum Gasteiger partial charge on any atom is -0.384 e. The van der Waals surface area contributed by atoms with Crippen molar-refractivity contribution in [1.82, 2.24) is 10.2 Å². The van der Waals surface area contributed by atoms with Crippen molar-refractivity contribution in [2.45, 2.75) is 45.8 Å². The molecule has 0 aliphatic carbocycles. The van der Waals surface area contributed by atoms with E-state index >= 15 is 0 Å². The number of rotatable bonds is 7. The first-order valence-corrected chi connectivity index (χ1v) is 8.01. The van der Waals surface area contributed by atoms with Crippen LogP contribution in [0.3, 0.4) is 0 Å². The molecule has 0 bridgehead atoms. The van der Waals surface area contributed by atoms with E-state index in [1.165, 1.54) is 0 Å². The fourth-order valence-corrected chi connectivity index (χ4v) is 2.67. The summed E-state index contributed by atoms with van der Waals surface area (Å²) in [6.45, 7) is 7.49. The maximum Gasteiger partial charge on any atom is 0.247 e. The lowest BCUT2D eigenvalue weighted by molar-refractivity contribution is -0.142. The van der Waals surface area contributed by atoms with Crippen LogP contribution < -0.4 is 5.32 Å². The highest BCUT2D eigenvalue weighted by Gasteiger charge is 2.33. The Bertz CT molecular complexity index is 371. The van der Waals surface area contributed by atoms with E-state index in [9.17, 15) is 9.59 Å². The molecule has 0 saturated carbocycles. The number of likely N-dealkylation sites (tertiary alicyclic amines) is 1. The first-order valence-electron chi connectivity index (χ1n) is 8.01. The van der Waals surface area contributed by atoms with E-state index in [4.69, 9.17) is 9.47 Å². The van der Waals surface area contributed by atoms with Gasteiger partial charge >= 0.3 is 0 Å². The number of nitrogens with zero attached hydrogens (tertiary/aromatic N) is 1. The Kier molecular flexibility index (Phi) is 7.82. The molecule has 3 atom stereocenters. The van der Waals surface area contributed by atoms with Crippen LogP contribution >= 0.6 is 0 Å². The van der Waals surface area contributed by atoms with Crippen LogP contribution in [0.4, 0.5) is 0 Å². The van der Waals surface area contributed by atoms with Crippen molar-refractivity contribution in [2.75, 3.05) is 33.9 Å². The van der Waals surface area contributed by atoms with Crippen LogP contribution in [0.5, 0.6) is 0 Å². The van der Waals surface area contributed by atoms with Gasteiger partial charge in [-0.1, -0.05) is 13.8 Å². The molecule has 0 radical (unpaired) electrons. The smallest absolute Gasteiger partial charge is 0.247 e. The number of ether oxygens (including phenoxy) is 2. The van der Waals surface area contributed by atoms with Crippen molar-refractivity contribution in [1.29, 1.82) is 0 Å². The minimum atomic E-state index is -0.638. The van der Waals surface area contributed by atoms with Crippen LogP contribution in [0, 0.1) is 11.8 Å². The second-order valence-corrected chi connectivity index (χ2v) is 6.33. The Hall–Kier alpha value is -1.14. The van der Waals surface area contributed by atoms with Crippen LogP contribution in [0.25, 0.3) is 0 Å². The van der Waals surface area contributed by atoms with Gasteiger partial charge in [-0.3, -0.25) is 9.59 Å². The number of hydrogen-bond acceptors (Lipinski definition) is 4. The van der Waals surface area contributed by atoms with E-state index in [1.807, 2.05) is 18.7 Å². The quantitative estimate of drug-likeness (QED) is 0.762. The molecule has 3 unspecified atom stereocenters. The molecular formula is C16H30N2O4. The second-order valence-electron chi connectivity index (χ2n) is 6.33. The molecule has 1 saturated heterocycles. The van der Waals surface area contributed by atoms with E-state index in [-0.39, 0.29) is 23.8 Å². The second kappa shape index (κ2) is 9.10. The van der Waals surface area contributed by atoms with Gasteiger partial charge in [-0.05, 0) is 25.7 Å². The first kappa shape index (κ1) is 18.9. The summed E-state index contributed by atoms with van der Waals surface area (Å²) in [5.41, 5.74) is 0. The van der Waals surface area contributed by atoms with Crippen molar-refractivity contribution in [2.24, 2.45) is 11.8 Å². The third-order valence-electron chi connectivity index (χ3n) is 4.16. The summed E-state index contributed by atoms with van der Waals surface area (Å²) < 4.78 is 10.5. The molecular weight excluding hydrogens is 284 g/mol. The maximum atomic E-state index is 12.8. The van der Waals surface area contributed by atoms with Gasteiger partial charge in [-0.15, -0.1) is 0 Å². The standard InChI is InChI=1S/C16H30N2O4/c1-11(2)15(19)17-14(12(3)22-5)16(20)18-8-6-7-13(9-18)10-21-4/h11-14H,6-10H2,1-5H3,(H,17,19). The van der Waals surface area contributed by atoms with Crippen LogP contribution in [0.15, 0.2) is 0 Å². The van der Waals surface area contributed by atoms with Gasteiger partial charge in [0.05, 0.1) is 12.7 Å². The molecule has 1 fully saturated rings. The average Bonchev–Trinajstić information content (AvgIpc) is 2.51. The molecule has 0 aromatic heterocycles. The molecule has 1 heterocycles. The van der Waals surface area contributed by atoms with Gasteiger partial charge in [-0.2, -0.15) is 0 Å². The zero-order valence-electron chi connectivity index (χ0n) is 14.4. The van der Waals surface area contributed by atoms with Crippen molar-refractivity contribution < 1.29 is 19.1 Å². The molecule has 1 N–H and O–H groups in total. The molecule has 1 rings (SSSR count). The monoisotopic (exact) mass is 314 g/mol. The molecule has 0 spiro atoms. The predicted molar refractivity (Wildman–Crippen MR) is 84.4 cm³/mol. The highest BCUT2D eigenvalue weighted by atomic mass is 16.5.